The smallest absolute Gasteiger partial charge is 0.338 e. The van der Waals surface area contributed by atoms with Gasteiger partial charge in [-0.15, -0.1) is 0 Å². The fourth-order valence-electron chi connectivity index (χ4n) is 5.43. The number of carbonyl (C=O) groups is 4. The van der Waals surface area contributed by atoms with Gasteiger partial charge >= 0.3 is 17.9 Å². The number of nitrogens with one attached hydrogen (secondary N) is 2. The van der Waals surface area contributed by atoms with E-state index in [1.165, 1.54) is 26.3 Å². The molecule has 1 aliphatic carbocycles. The zero-order valence-electron chi connectivity index (χ0n) is 24.8. The predicted octanol–water partition coefficient (Wildman–Crippen LogP) is 5.02. The molecule has 0 spiro atoms. The van der Waals surface area contributed by atoms with Crippen molar-refractivity contribution in [3.05, 3.63) is 83.9 Å². The van der Waals surface area contributed by atoms with E-state index in [-0.39, 0.29) is 34.3 Å². The van der Waals surface area contributed by atoms with Crippen LogP contribution in [-0.4, -0.2) is 64.2 Å². The average Bonchev–Trinajstić information content (AvgIpc) is 3.57. The summed E-state index contributed by atoms with van der Waals surface area (Å²) in [6.07, 6.45) is 3.38. The first-order valence-electron chi connectivity index (χ1n) is 14.1. The van der Waals surface area contributed by atoms with Crippen molar-refractivity contribution >= 4 is 40.9 Å². The monoisotopic (exact) mass is 609 g/mol. The number of benzene rings is 3. The fraction of sp³-hybridized carbons (Fsp3) is 0.312. The summed E-state index contributed by atoms with van der Waals surface area (Å²) in [6.45, 7) is -0.858. The van der Waals surface area contributed by atoms with Crippen LogP contribution in [-0.2, 0) is 14.3 Å². The summed E-state index contributed by atoms with van der Waals surface area (Å²) < 4.78 is 38.9. The van der Waals surface area contributed by atoms with E-state index < -0.39 is 41.8 Å². The summed E-state index contributed by atoms with van der Waals surface area (Å²) in [4.78, 5) is 52.2. The maximum Gasteiger partial charge on any atom is 0.338 e. The van der Waals surface area contributed by atoms with Crippen molar-refractivity contribution in [2.45, 2.75) is 31.7 Å². The number of ether oxygens (including phenoxy) is 2. The van der Waals surface area contributed by atoms with Crippen LogP contribution in [0.3, 0.4) is 0 Å². The molecule has 0 aliphatic heterocycles. The molecule has 0 heterocycles. The van der Waals surface area contributed by atoms with Crippen molar-refractivity contribution in [2.24, 2.45) is 0 Å². The molecule has 3 aromatic carbocycles. The number of amides is 4. The maximum absolute atomic E-state index is 14.3. The lowest BCUT2D eigenvalue weighted by Gasteiger charge is -2.37. The zero-order valence-corrected chi connectivity index (χ0v) is 24.8. The summed E-state index contributed by atoms with van der Waals surface area (Å²) in [5.41, 5.74) is 0.601. The Hall–Kier alpha value is -4.84. The number of rotatable bonds is 10. The number of para-hydroxylation sites is 3. The molecule has 1 atom stereocenters. The van der Waals surface area contributed by atoms with E-state index in [0.29, 0.717) is 11.4 Å². The number of nitrogens with zero attached hydrogens (tertiary/aromatic N) is 2. The molecule has 0 radical (unpaired) electrons. The number of hydrogen-bond donors (Lipinski definition) is 2. The Labute approximate surface area is 254 Å². The van der Waals surface area contributed by atoms with E-state index in [1.807, 2.05) is 0 Å². The van der Waals surface area contributed by atoms with Gasteiger partial charge in [-0.2, -0.15) is 0 Å². The summed E-state index contributed by atoms with van der Waals surface area (Å²) in [7, 11) is 4.26. The highest BCUT2D eigenvalue weighted by Crippen LogP contribution is 2.39. The van der Waals surface area contributed by atoms with Gasteiger partial charge in [-0.25, -0.2) is 27.6 Å². The second kappa shape index (κ2) is 14.1. The largest absolute Gasteiger partial charge is 0.477 e. The fourth-order valence-corrected chi connectivity index (χ4v) is 5.43. The Kier molecular flexibility index (Phi) is 10.3. The number of likely N-dealkylation sites (N-methyl/N-ethyl adjacent to an activating group) is 2. The van der Waals surface area contributed by atoms with Crippen LogP contribution < -0.4 is 24.8 Å². The average molecular weight is 610 g/mol. The SMILES string of the molecule is COC(=O)c1cccc(NC(=O)NCC(=O)[N+](C)(c2ccccc2OCC(=O)N(C)c2c(F)cccc2F)C2CCCC2)c1. The van der Waals surface area contributed by atoms with Crippen molar-refractivity contribution in [3.63, 3.8) is 0 Å². The minimum atomic E-state index is -0.884. The molecule has 4 amide bonds. The first-order chi connectivity index (χ1) is 21.1. The van der Waals surface area contributed by atoms with Gasteiger partial charge in [-0.3, -0.25) is 4.79 Å². The van der Waals surface area contributed by atoms with E-state index in [9.17, 15) is 28.0 Å². The van der Waals surface area contributed by atoms with Gasteiger partial charge < -0.3 is 25.0 Å². The van der Waals surface area contributed by atoms with Gasteiger partial charge in [-0.1, -0.05) is 24.3 Å². The van der Waals surface area contributed by atoms with E-state index in [2.05, 4.69) is 10.6 Å². The van der Waals surface area contributed by atoms with Crippen molar-refractivity contribution in [1.82, 2.24) is 9.80 Å². The molecule has 0 saturated heterocycles. The van der Waals surface area contributed by atoms with Gasteiger partial charge in [0.2, 0.25) is 0 Å². The molecule has 44 heavy (non-hydrogen) atoms. The Balaban J connectivity index is 1.50. The van der Waals surface area contributed by atoms with E-state index in [0.717, 1.165) is 42.7 Å². The van der Waals surface area contributed by atoms with Gasteiger partial charge in [0.05, 0.1) is 19.7 Å². The second-order valence-electron chi connectivity index (χ2n) is 10.6. The topological polar surface area (TPSA) is 114 Å². The predicted molar refractivity (Wildman–Crippen MR) is 161 cm³/mol. The molecule has 4 rings (SSSR count). The molecule has 2 N–H and O–H groups in total. The van der Waals surface area contributed by atoms with Crippen LogP contribution in [0.25, 0.3) is 0 Å². The number of esters is 1. The third kappa shape index (κ3) is 7.03. The van der Waals surface area contributed by atoms with Gasteiger partial charge in [0, 0.05) is 31.6 Å². The number of carbonyl (C=O) groups excluding carboxylic acids is 4. The molecule has 1 unspecified atom stereocenters. The first-order valence-corrected chi connectivity index (χ1v) is 14.1. The minimum absolute atomic E-state index is 0.111. The molecule has 1 aliphatic rings. The molecule has 3 aromatic rings. The van der Waals surface area contributed by atoms with E-state index >= 15 is 0 Å². The number of halogens is 2. The van der Waals surface area contributed by atoms with Crippen LogP contribution in [0, 0.1) is 11.6 Å². The van der Waals surface area contributed by atoms with Crippen LogP contribution in [0.4, 0.5) is 30.6 Å². The molecular formula is C32H35F2N4O6+. The van der Waals surface area contributed by atoms with E-state index in [4.69, 9.17) is 9.47 Å². The Morgan fingerprint density at radius 2 is 1.61 bits per heavy atom. The first kappa shape index (κ1) is 32.1. The van der Waals surface area contributed by atoms with Crippen LogP contribution in [0.15, 0.2) is 66.7 Å². The van der Waals surface area contributed by atoms with Gasteiger partial charge in [-0.05, 0) is 49.2 Å². The number of methoxy groups -OCH3 is 1. The lowest BCUT2D eigenvalue weighted by molar-refractivity contribution is -0.130. The maximum atomic E-state index is 14.3. The molecule has 10 nitrogen and oxygen atoms in total. The number of hydrogen-bond acceptors (Lipinski definition) is 6. The summed E-state index contributed by atoms with van der Waals surface area (Å²) in [5.74, 6) is -3.07. The highest BCUT2D eigenvalue weighted by molar-refractivity contribution is 5.98. The molecule has 0 aromatic heterocycles. The number of quaternary nitrogens is 1. The number of anilines is 2. The molecular weight excluding hydrogens is 574 g/mol. The standard InChI is InChI=1S/C32H34F2N4O6/c1-37(30-24(33)14-9-15-25(30)34)28(39)20-44-27-17-7-6-16-26(27)38(2,23-12-4-5-13-23)29(40)19-35-32(42)36-22-11-8-10-21(18-22)31(41)43-3/h6-11,14-18,23H,4-5,12-13,19-20H2,1-3H3,(H-,35,36,42)/p+1. The summed E-state index contributed by atoms with van der Waals surface area (Å²) in [5, 5.41) is 5.22. The molecule has 232 valence electrons. The molecule has 12 heteroatoms. The zero-order chi connectivity index (χ0) is 31.9. The van der Waals surface area contributed by atoms with Gasteiger partial charge in [0.25, 0.3) is 5.91 Å². The highest BCUT2D eigenvalue weighted by Gasteiger charge is 2.45. The summed E-state index contributed by atoms with van der Waals surface area (Å²) >= 11 is 0. The van der Waals surface area contributed by atoms with Gasteiger partial charge in [0.15, 0.2) is 18.0 Å². The normalized spacial score (nSPS) is 14.3. The molecule has 1 fully saturated rings. The van der Waals surface area contributed by atoms with E-state index in [1.54, 1.807) is 49.5 Å². The third-order valence-corrected chi connectivity index (χ3v) is 7.88. The third-order valence-electron chi connectivity index (χ3n) is 7.88. The van der Waals surface area contributed by atoms with Crippen molar-refractivity contribution in [3.8, 4) is 5.75 Å². The van der Waals surface area contributed by atoms with Crippen LogP contribution in [0.5, 0.6) is 5.75 Å². The van der Waals surface area contributed by atoms with Crippen molar-refractivity contribution in [1.29, 1.82) is 0 Å². The molecule has 1 saturated carbocycles. The number of urea groups is 1. The van der Waals surface area contributed by atoms with Crippen LogP contribution in [0.2, 0.25) is 0 Å². The van der Waals surface area contributed by atoms with Crippen molar-refractivity contribution < 1.29 is 37.4 Å². The van der Waals surface area contributed by atoms with Crippen LogP contribution >= 0.6 is 0 Å². The lowest BCUT2D eigenvalue weighted by Crippen LogP contribution is -2.60. The summed E-state index contributed by atoms with van der Waals surface area (Å²) in [6, 6.07) is 15.6. The van der Waals surface area contributed by atoms with Gasteiger partial charge in [0.1, 0.15) is 29.9 Å². The minimum Gasteiger partial charge on any atom is -0.477 e. The lowest BCUT2D eigenvalue weighted by atomic mass is 10.1. The molecule has 0 bridgehead atoms. The van der Waals surface area contributed by atoms with Crippen LogP contribution in [0.1, 0.15) is 36.0 Å². The highest BCUT2D eigenvalue weighted by atomic mass is 19.1. The Bertz CT molecular complexity index is 1520. The quantitative estimate of drug-likeness (QED) is 0.247. The second-order valence-corrected chi connectivity index (χ2v) is 10.6. The Morgan fingerprint density at radius 1 is 0.955 bits per heavy atom. The van der Waals surface area contributed by atoms with Crippen molar-refractivity contribution in [2.75, 3.05) is 44.6 Å². The Morgan fingerprint density at radius 3 is 2.30 bits per heavy atom.